The molecule has 37 heavy (non-hydrogen) atoms. The minimum atomic E-state index is -0.315. The number of carbonyl (C=O) groups is 2. The van der Waals surface area contributed by atoms with Gasteiger partial charge in [0.15, 0.2) is 5.76 Å². The van der Waals surface area contributed by atoms with Gasteiger partial charge in [0.25, 0.3) is 0 Å². The number of ether oxygens (including phenoxy) is 1. The van der Waals surface area contributed by atoms with Crippen LogP contribution >= 0.6 is 0 Å². The van der Waals surface area contributed by atoms with Crippen LogP contribution in [0.5, 0.6) is 5.75 Å². The van der Waals surface area contributed by atoms with E-state index < -0.39 is 0 Å². The van der Waals surface area contributed by atoms with Gasteiger partial charge < -0.3 is 19.8 Å². The molecular formula is C29H36N4O4. The van der Waals surface area contributed by atoms with Crippen LogP contribution in [0.25, 0.3) is 22.2 Å². The Morgan fingerprint density at radius 2 is 2.08 bits per heavy atom. The third kappa shape index (κ3) is 5.39. The quantitative estimate of drug-likeness (QED) is 0.338. The summed E-state index contributed by atoms with van der Waals surface area (Å²) in [6.45, 7) is 5.70. The molecule has 0 radical (unpaired) electrons. The van der Waals surface area contributed by atoms with Crippen molar-refractivity contribution in [3.8, 4) is 17.1 Å². The molecule has 1 spiro atoms. The molecule has 2 aliphatic rings. The van der Waals surface area contributed by atoms with E-state index in [1.165, 1.54) is 0 Å². The zero-order chi connectivity index (χ0) is 26.0. The molecule has 3 aromatic rings. The maximum atomic E-state index is 13.1. The first-order chi connectivity index (χ1) is 17.9. The molecule has 1 aliphatic carbocycles. The van der Waals surface area contributed by atoms with Crippen LogP contribution in [0.15, 0.2) is 34.9 Å². The molecule has 0 unspecified atom stereocenters. The number of oxazole rings is 1. The van der Waals surface area contributed by atoms with Crippen LogP contribution in [0.3, 0.4) is 0 Å². The number of amides is 1. The van der Waals surface area contributed by atoms with Crippen molar-refractivity contribution in [2.24, 2.45) is 11.3 Å². The molecular weight excluding hydrogens is 468 g/mol. The van der Waals surface area contributed by atoms with E-state index in [1.54, 1.807) is 13.3 Å². The summed E-state index contributed by atoms with van der Waals surface area (Å²) in [5, 5.41) is 7.50. The number of carbonyl (C=O) groups excluding carboxylic acids is 2. The molecule has 196 valence electrons. The topological polar surface area (TPSA) is 106 Å². The predicted octanol–water partition coefficient (Wildman–Crippen LogP) is 4.90. The van der Waals surface area contributed by atoms with Gasteiger partial charge in [0.2, 0.25) is 11.8 Å². The van der Waals surface area contributed by atoms with E-state index in [9.17, 15) is 9.59 Å². The normalized spacial score (nSPS) is 18.4. The monoisotopic (exact) mass is 504 g/mol. The van der Waals surface area contributed by atoms with Crippen molar-refractivity contribution >= 4 is 22.6 Å². The number of pyridine rings is 1. The number of Topliss-reactive ketones (excluding diaryl/α,β-unsaturated/α-hetero) is 1. The Bertz CT molecular complexity index is 1300. The van der Waals surface area contributed by atoms with Crippen molar-refractivity contribution in [3.63, 3.8) is 0 Å². The van der Waals surface area contributed by atoms with Crippen LogP contribution in [-0.2, 0) is 9.59 Å². The molecule has 2 fully saturated rings. The summed E-state index contributed by atoms with van der Waals surface area (Å²) >= 11 is 0. The molecule has 1 aromatic carbocycles. The van der Waals surface area contributed by atoms with Crippen molar-refractivity contribution in [3.05, 3.63) is 42.0 Å². The number of hydrogen-bond acceptors (Lipinski definition) is 7. The number of fused-ring (bicyclic) bond motifs is 1. The van der Waals surface area contributed by atoms with Gasteiger partial charge in [-0.25, -0.2) is 4.98 Å². The highest BCUT2D eigenvalue weighted by Gasteiger charge is 2.61. The van der Waals surface area contributed by atoms with Crippen LogP contribution in [-0.4, -0.2) is 41.9 Å². The number of ketones is 1. The zero-order valence-electron chi connectivity index (χ0n) is 21.9. The van der Waals surface area contributed by atoms with E-state index in [0.29, 0.717) is 42.4 Å². The first kappa shape index (κ1) is 25.4. The third-order valence-electron chi connectivity index (χ3n) is 7.86. The number of aryl methyl sites for hydroxylation is 1. The molecule has 2 atom stereocenters. The predicted molar refractivity (Wildman–Crippen MR) is 141 cm³/mol. The largest absolute Gasteiger partial charge is 0.496 e. The molecule has 1 amide bonds. The van der Waals surface area contributed by atoms with Crippen LogP contribution in [0.2, 0.25) is 0 Å². The smallest absolute Gasteiger partial charge is 0.224 e. The lowest BCUT2D eigenvalue weighted by Gasteiger charge is -2.28. The lowest BCUT2D eigenvalue weighted by molar-refractivity contribution is -0.124. The SMILES string of the molecule is CCC(=O)CCCCC[C@H](NC(=O)[C@H]1CC12CNC2)c1ncc(-c2cc3ccc(C)nc3cc2OC)o1. The molecule has 0 bridgehead atoms. The van der Waals surface area contributed by atoms with Crippen LogP contribution in [0.4, 0.5) is 0 Å². The lowest BCUT2D eigenvalue weighted by atomic mass is 9.96. The number of nitrogens with one attached hydrogen (secondary N) is 2. The fraction of sp³-hybridized carbons (Fsp3) is 0.517. The summed E-state index contributed by atoms with van der Waals surface area (Å²) in [5.41, 5.74) is 2.75. The molecule has 2 aromatic heterocycles. The van der Waals surface area contributed by atoms with Crippen LogP contribution < -0.4 is 15.4 Å². The molecule has 8 heteroatoms. The van der Waals surface area contributed by atoms with Gasteiger partial charge in [0.05, 0.1) is 24.4 Å². The standard InChI is InChI=1S/C29H36N4O4/c1-4-20(34)8-6-5-7-9-23(33-27(35)22-14-29(22)16-30-17-29)28-31-15-26(37-28)21-12-19-11-10-18(2)32-24(19)13-25(21)36-3/h10-13,15,22-23,30H,4-9,14,16-17H2,1-3H3,(H,33,35)/t22-,23+/m1/s1. The molecule has 1 saturated carbocycles. The number of benzene rings is 1. The van der Waals surface area contributed by atoms with Crippen LogP contribution in [0.1, 0.15) is 69.5 Å². The van der Waals surface area contributed by atoms with Gasteiger partial charge in [-0.3, -0.25) is 14.6 Å². The Hall–Kier alpha value is -3.26. The number of methoxy groups -OCH3 is 1. The van der Waals surface area contributed by atoms with Crippen molar-refractivity contribution < 1.29 is 18.7 Å². The Balaban J connectivity index is 1.34. The second-order valence-electron chi connectivity index (χ2n) is 10.5. The summed E-state index contributed by atoms with van der Waals surface area (Å²) in [6.07, 6.45) is 7.22. The highest BCUT2D eigenvalue weighted by molar-refractivity contribution is 5.87. The Kier molecular flexibility index (Phi) is 7.29. The van der Waals surface area contributed by atoms with Crippen LogP contribution in [0, 0.1) is 18.3 Å². The van der Waals surface area contributed by atoms with E-state index in [0.717, 1.165) is 60.9 Å². The van der Waals surface area contributed by atoms with E-state index in [1.807, 2.05) is 38.1 Å². The highest BCUT2D eigenvalue weighted by Crippen LogP contribution is 2.55. The van der Waals surface area contributed by atoms with Crippen molar-refractivity contribution in [1.82, 2.24) is 20.6 Å². The zero-order valence-corrected chi connectivity index (χ0v) is 21.9. The van der Waals surface area contributed by atoms with E-state index in [2.05, 4.69) is 20.6 Å². The summed E-state index contributed by atoms with van der Waals surface area (Å²) in [4.78, 5) is 33.9. The molecule has 2 N–H and O–H groups in total. The first-order valence-corrected chi connectivity index (χ1v) is 13.4. The number of aromatic nitrogens is 2. The molecule has 8 nitrogen and oxygen atoms in total. The summed E-state index contributed by atoms with van der Waals surface area (Å²) < 4.78 is 11.9. The minimum Gasteiger partial charge on any atom is -0.496 e. The molecule has 5 rings (SSSR count). The van der Waals surface area contributed by atoms with E-state index in [-0.39, 0.29) is 23.3 Å². The van der Waals surface area contributed by atoms with Crippen molar-refractivity contribution in [2.75, 3.05) is 20.2 Å². The number of hydrogen-bond donors (Lipinski definition) is 2. The van der Waals surface area contributed by atoms with Gasteiger partial charge in [0.1, 0.15) is 17.6 Å². The number of rotatable bonds is 12. The fourth-order valence-corrected chi connectivity index (χ4v) is 5.30. The number of nitrogens with zero attached hydrogens (tertiary/aromatic N) is 2. The average molecular weight is 505 g/mol. The maximum Gasteiger partial charge on any atom is 0.224 e. The molecule has 3 heterocycles. The third-order valence-corrected chi connectivity index (χ3v) is 7.86. The highest BCUT2D eigenvalue weighted by atomic mass is 16.5. The molecule has 1 aliphatic heterocycles. The van der Waals surface area contributed by atoms with E-state index in [4.69, 9.17) is 9.15 Å². The minimum absolute atomic E-state index is 0.0596. The summed E-state index contributed by atoms with van der Waals surface area (Å²) in [5.74, 6) is 2.19. The van der Waals surface area contributed by atoms with Gasteiger partial charge in [-0.15, -0.1) is 0 Å². The second kappa shape index (κ2) is 10.6. The first-order valence-electron chi connectivity index (χ1n) is 13.4. The van der Waals surface area contributed by atoms with Gasteiger partial charge in [0, 0.05) is 54.4 Å². The Morgan fingerprint density at radius 1 is 1.24 bits per heavy atom. The number of unbranched alkanes of at least 4 members (excludes halogenated alkanes) is 2. The van der Waals surface area contributed by atoms with Gasteiger partial charge in [-0.2, -0.15) is 0 Å². The summed E-state index contributed by atoms with van der Waals surface area (Å²) in [6, 6.07) is 7.61. The lowest BCUT2D eigenvalue weighted by Crippen LogP contribution is -2.47. The van der Waals surface area contributed by atoms with Gasteiger partial charge in [-0.1, -0.05) is 25.8 Å². The Morgan fingerprint density at radius 3 is 2.78 bits per heavy atom. The maximum absolute atomic E-state index is 13.1. The van der Waals surface area contributed by atoms with E-state index >= 15 is 0 Å². The Labute approximate surface area is 217 Å². The van der Waals surface area contributed by atoms with Gasteiger partial charge >= 0.3 is 0 Å². The average Bonchev–Trinajstić information content (AvgIpc) is 3.49. The summed E-state index contributed by atoms with van der Waals surface area (Å²) in [7, 11) is 1.63. The van der Waals surface area contributed by atoms with Crippen molar-refractivity contribution in [1.29, 1.82) is 0 Å². The fourth-order valence-electron chi connectivity index (χ4n) is 5.30. The van der Waals surface area contributed by atoms with Crippen molar-refractivity contribution in [2.45, 2.75) is 64.8 Å². The molecule has 1 saturated heterocycles. The van der Waals surface area contributed by atoms with Gasteiger partial charge in [-0.05, 0) is 38.3 Å². The second-order valence-corrected chi connectivity index (χ2v) is 10.5.